The zero-order chi connectivity index (χ0) is 16.4. The molecule has 0 aliphatic heterocycles. The molecule has 8 heteroatoms. The summed E-state index contributed by atoms with van der Waals surface area (Å²) in [7, 11) is 0. The number of halogens is 1. The van der Waals surface area contributed by atoms with E-state index in [2.05, 4.69) is 36.3 Å². The minimum Gasteiger partial charge on any atom is -0.351 e. The first-order chi connectivity index (χ1) is 11.0. The van der Waals surface area contributed by atoms with E-state index in [-0.39, 0.29) is 5.91 Å². The Morgan fingerprint density at radius 3 is 2.96 bits per heavy atom. The van der Waals surface area contributed by atoms with E-state index in [1.54, 1.807) is 15.9 Å². The maximum atomic E-state index is 12.1. The van der Waals surface area contributed by atoms with Crippen molar-refractivity contribution in [2.24, 2.45) is 0 Å². The summed E-state index contributed by atoms with van der Waals surface area (Å²) in [5.41, 5.74) is 2.94. The Hall–Kier alpha value is -1.80. The molecule has 0 aromatic carbocycles. The molecule has 0 bridgehead atoms. The second-order valence-electron chi connectivity index (χ2n) is 5.22. The summed E-state index contributed by atoms with van der Waals surface area (Å²) in [5, 5.41) is 7.11. The van der Waals surface area contributed by atoms with Gasteiger partial charge in [-0.3, -0.25) is 4.79 Å². The number of nitrogens with zero attached hydrogens (tertiary/aromatic N) is 4. The van der Waals surface area contributed by atoms with Crippen LogP contribution in [-0.2, 0) is 17.8 Å². The molecule has 0 aliphatic rings. The van der Waals surface area contributed by atoms with Crippen LogP contribution in [0.1, 0.15) is 28.2 Å². The third-order valence-electron chi connectivity index (χ3n) is 3.68. The van der Waals surface area contributed by atoms with Crippen LogP contribution in [0.15, 0.2) is 22.2 Å². The summed E-state index contributed by atoms with van der Waals surface area (Å²) in [6, 6.07) is 3.99. The van der Waals surface area contributed by atoms with E-state index in [1.165, 1.54) is 6.33 Å². The summed E-state index contributed by atoms with van der Waals surface area (Å²) < 4.78 is 2.78. The SMILES string of the molecule is Cc1nc2ncnn2c(C)c1CCC(=O)NCc1ccc(Br)s1. The van der Waals surface area contributed by atoms with Gasteiger partial charge in [0.15, 0.2) is 0 Å². The van der Waals surface area contributed by atoms with E-state index in [1.807, 2.05) is 26.0 Å². The smallest absolute Gasteiger partial charge is 0.252 e. The van der Waals surface area contributed by atoms with E-state index < -0.39 is 0 Å². The van der Waals surface area contributed by atoms with Crippen LogP contribution in [0.3, 0.4) is 0 Å². The maximum Gasteiger partial charge on any atom is 0.252 e. The molecule has 1 N–H and O–H groups in total. The standard InChI is InChI=1S/C15H16BrN5OS/c1-9-12(10(2)21-15(20-9)18-8-19-21)4-6-14(22)17-7-11-3-5-13(16)23-11/h3,5,8H,4,6-7H2,1-2H3,(H,17,22). The number of hydrogen-bond donors (Lipinski definition) is 1. The van der Waals surface area contributed by atoms with Gasteiger partial charge in [0.25, 0.3) is 5.78 Å². The highest BCUT2D eigenvalue weighted by atomic mass is 79.9. The fourth-order valence-electron chi connectivity index (χ4n) is 2.48. The molecule has 6 nitrogen and oxygen atoms in total. The quantitative estimate of drug-likeness (QED) is 0.723. The minimum atomic E-state index is 0.0343. The van der Waals surface area contributed by atoms with Crippen molar-refractivity contribution in [3.63, 3.8) is 0 Å². The van der Waals surface area contributed by atoms with E-state index in [9.17, 15) is 4.79 Å². The molecule has 3 rings (SSSR count). The Labute approximate surface area is 146 Å². The third kappa shape index (κ3) is 3.59. The van der Waals surface area contributed by atoms with Gasteiger partial charge >= 0.3 is 0 Å². The van der Waals surface area contributed by atoms with Crippen LogP contribution in [0, 0.1) is 13.8 Å². The van der Waals surface area contributed by atoms with Crippen LogP contribution in [0.5, 0.6) is 0 Å². The van der Waals surface area contributed by atoms with Gasteiger partial charge < -0.3 is 5.32 Å². The maximum absolute atomic E-state index is 12.1. The van der Waals surface area contributed by atoms with Crippen LogP contribution in [0.2, 0.25) is 0 Å². The van der Waals surface area contributed by atoms with Crippen LogP contribution in [-0.4, -0.2) is 25.5 Å². The van der Waals surface area contributed by atoms with Crippen molar-refractivity contribution in [3.8, 4) is 0 Å². The van der Waals surface area contributed by atoms with Crippen molar-refractivity contribution in [3.05, 3.63) is 44.1 Å². The predicted molar refractivity (Wildman–Crippen MR) is 92.4 cm³/mol. The van der Waals surface area contributed by atoms with Gasteiger partial charge in [0, 0.05) is 22.7 Å². The van der Waals surface area contributed by atoms with E-state index in [0.717, 1.165) is 25.6 Å². The highest BCUT2D eigenvalue weighted by Gasteiger charge is 2.12. The fourth-order valence-corrected chi connectivity index (χ4v) is 3.90. The Kier molecular flexibility index (Phi) is 4.72. The Bertz CT molecular complexity index is 857. The van der Waals surface area contributed by atoms with Gasteiger partial charge in [-0.15, -0.1) is 11.3 Å². The normalized spacial score (nSPS) is 11.1. The molecule has 3 aromatic rings. The predicted octanol–water partition coefficient (Wildman–Crippen LogP) is 2.81. The summed E-state index contributed by atoms with van der Waals surface area (Å²) in [5.74, 6) is 0.628. The monoisotopic (exact) mass is 393 g/mol. The first-order valence-corrected chi connectivity index (χ1v) is 8.82. The van der Waals surface area contributed by atoms with Crippen LogP contribution >= 0.6 is 27.3 Å². The third-order valence-corrected chi connectivity index (χ3v) is 5.30. The number of rotatable bonds is 5. The molecule has 0 fully saturated rings. The molecule has 0 atom stereocenters. The Morgan fingerprint density at radius 1 is 1.39 bits per heavy atom. The molecule has 0 radical (unpaired) electrons. The van der Waals surface area contributed by atoms with Crippen molar-refractivity contribution in [2.75, 3.05) is 0 Å². The lowest BCUT2D eigenvalue weighted by Crippen LogP contribution is -2.23. The highest BCUT2D eigenvalue weighted by Crippen LogP contribution is 2.21. The molecule has 23 heavy (non-hydrogen) atoms. The number of thiophene rings is 1. The molecule has 0 aliphatic carbocycles. The molecular formula is C15H16BrN5OS. The number of aromatic nitrogens is 4. The minimum absolute atomic E-state index is 0.0343. The van der Waals surface area contributed by atoms with Gasteiger partial charge in [-0.25, -0.2) is 9.50 Å². The molecule has 0 spiro atoms. The average Bonchev–Trinajstić information content (AvgIpc) is 3.13. The van der Waals surface area contributed by atoms with Crippen molar-refractivity contribution < 1.29 is 4.79 Å². The van der Waals surface area contributed by atoms with Gasteiger partial charge in [-0.2, -0.15) is 10.1 Å². The molecular weight excluding hydrogens is 378 g/mol. The van der Waals surface area contributed by atoms with Crippen molar-refractivity contribution in [2.45, 2.75) is 33.2 Å². The zero-order valence-electron chi connectivity index (χ0n) is 12.8. The summed E-state index contributed by atoms with van der Waals surface area (Å²) in [4.78, 5) is 21.7. The molecule has 1 amide bonds. The topological polar surface area (TPSA) is 72.2 Å². The summed E-state index contributed by atoms with van der Waals surface area (Å²) in [6.07, 6.45) is 2.56. The van der Waals surface area contributed by atoms with Crippen LogP contribution in [0.25, 0.3) is 5.78 Å². The molecule has 0 saturated carbocycles. The number of hydrogen-bond acceptors (Lipinski definition) is 5. The van der Waals surface area contributed by atoms with Crippen molar-refractivity contribution >= 4 is 39.0 Å². The zero-order valence-corrected chi connectivity index (χ0v) is 15.2. The number of carbonyl (C=O) groups excluding carboxylic acids is 1. The molecule has 120 valence electrons. The van der Waals surface area contributed by atoms with Crippen LogP contribution < -0.4 is 5.32 Å². The van der Waals surface area contributed by atoms with Gasteiger partial charge in [-0.1, -0.05) is 0 Å². The molecule has 0 unspecified atom stereocenters. The molecule has 3 heterocycles. The number of nitrogens with one attached hydrogen (secondary N) is 1. The molecule has 3 aromatic heterocycles. The second kappa shape index (κ2) is 6.76. The van der Waals surface area contributed by atoms with Crippen molar-refractivity contribution in [1.82, 2.24) is 24.9 Å². The highest BCUT2D eigenvalue weighted by molar-refractivity contribution is 9.11. The number of fused-ring (bicyclic) bond motifs is 1. The number of aryl methyl sites for hydroxylation is 2. The van der Waals surface area contributed by atoms with Gasteiger partial charge in [0.2, 0.25) is 5.91 Å². The summed E-state index contributed by atoms with van der Waals surface area (Å²) in [6.45, 7) is 4.48. The van der Waals surface area contributed by atoms with Gasteiger partial charge in [0.05, 0.1) is 10.3 Å². The lowest BCUT2D eigenvalue weighted by molar-refractivity contribution is -0.121. The molecule has 0 saturated heterocycles. The van der Waals surface area contributed by atoms with Crippen molar-refractivity contribution in [1.29, 1.82) is 0 Å². The van der Waals surface area contributed by atoms with E-state index in [4.69, 9.17) is 0 Å². The van der Waals surface area contributed by atoms with E-state index >= 15 is 0 Å². The summed E-state index contributed by atoms with van der Waals surface area (Å²) >= 11 is 5.04. The largest absolute Gasteiger partial charge is 0.351 e. The number of amides is 1. The van der Waals surface area contributed by atoms with Crippen LogP contribution in [0.4, 0.5) is 0 Å². The number of carbonyl (C=O) groups is 1. The van der Waals surface area contributed by atoms with E-state index in [0.29, 0.717) is 25.2 Å². The Balaban J connectivity index is 1.62. The van der Waals surface area contributed by atoms with Gasteiger partial charge in [-0.05, 0) is 53.9 Å². The van der Waals surface area contributed by atoms with Gasteiger partial charge in [0.1, 0.15) is 6.33 Å². The Morgan fingerprint density at radius 2 is 2.22 bits per heavy atom. The average molecular weight is 394 g/mol. The lowest BCUT2D eigenvalue weighted by atomic mass is 10.1. The first-order valence-electron chi connectivity index (χ1n) is 7.21. The second-order valence-corrected chi connectivity index (χ2v) is 7.76. The lowest BCUT2D eigenvalue weighted by Gasteiger charge is -2.10. The first kappa shape index (κ1) is 16.1. The fraction of sp³-hybridized carbons (Fsp3) is 0.333.